The first-order valence-corrected chi connectivity index (χ1v) is 6.43. The largest absolute Gasteiger partial charge is 0.388 e. The Bertz CT molecular complexity index is 508. The van der Waals surface area contributed by atoms with Crippen LogP contribution in [0.1, 0.15) is 22.8 Å². The number of benzene rings is 2. The molecule has 2 aromatic carbocycles. The van der Waals surface area contributed by atoms with E-state index in [-0.39, 0.29) is 0 Å². The molecule has 0 heterocycles. The number of aliphatic hydroxyl groups excluding tert-OH is 1. The molecule has 88 valence electrons. The van der Waals surface area contributed by atoms with Gasteiger partial charge in [0.15, 0.2) is 0 Å². The summed E-state index contributed by atoms with van der Waals surface area (Å²) in [5, 5.41) is 10.2. The van der Waals surface area contributed by atoms with E-state index in [1.54, 1.807) is 0 Å². The van der Waals surface area contributed by atoms with Crippen molar-refractivity contribution in [1.29, 1.82) is 0 Å². The highest BCUT2D eigenvalue weighted by atomic mass is 79.9. The molecule has 0 saturated heterocycles. The molecule has 0 aliphatic heterocycles. The average molecular weight is 291 g/mol. The van der Waals surface area contributed by atoms with Crippen molar-refractivity contribution in [3.8, 4) is 0 Å². The van der Waals surface area contributed by atoms with Gasteiger partial charge in [0.1, 0.15) is 0 Å². The molecule has 0 fully saturated rings. The van der Waals surface area contributed by atoms with Gasteiger partial charge in [0, 0.05) is 10.9 Å². The minimum absolute atomic E-state index is 0.441. The van der Waals surface area contributed by atoms with Crippen LogP contribution in [0.15, 0.2) is 53.0 Å². The van der Waals surface area contributed by atoms with Crippen molar-refractivity contribution in [3.63, 3.8) is 0 Å². The molecule has 17 heavy (non-hydrogen) atoms. The quantitative estimate of drug-likeness (QED) is 0.905. The minimum Gasteiger partial charge on any atom is -0.388 e. The monoisotopic (exact) mass is 290 g/mol. The van der Waals surface area contributed by atoms with E-state index < -0.39 is 6.10 Å². The molecule has 2 rings (SSSR count). The van der Waals surface area contributed by atoms with Crippen molar-refractivity contribution >= 4 is 15.9 Å². The molecule has 1 unspecified atom stereocenters. The fourth-order valence-electron chi connectivity index (χ4n) is 1.88. The molecule has 1 atom stereocenters. The number of aliphatic hydroxyl groups is 1. The van der Waals surface area contributed by atoms with Crippen LogP contribution in [-0.2, 0) is 6.42 Å². The van der Waals surface area contributed by atoms with Crippen molar-refractivity contribution in [2.45, 2.75) is 19.4 Å². The summed E-state index contributed by atoms with van der Waals surface area (Å²) in [7, 11) is 0. The van der Waals surface area contributed by atoms with E-state index in [2.05, 4.69) is 15.9 Å². The molecule has 0 aliphatic rings. The predicted molar refractivity (Wildman–Crippen MR) is 74.0 cm³/mol. The van der Waals surface area contributed by atoms with Crippen LogP contribution in [0.2, 0.25) is 0 Å². The van der Waals surface area contributed by atoms with Gasteiger partial charge in [-0.15, -0.1) is 0 Å². The van der Waals surface area contributed by atoms with Crippen molar-refractivity contribution in [2.75, 3.05) is 0 Å². The zero-order valence-corrected chi connectivity index (χ0v) is 11.3. The third-order valence-electron chi connectivity index (χ3n) is 2.74. The summed E-state index contributed by atoms with van der Waals surface area (Å²) in [5.41, 5.74) is 3.29. The Balaban J connectivity index is 2.14. The Morgan fingerprint density at radius 3 is 2.59 bits per heavy atom. The molecule has 0 bridgehead atoms. The third-order valence-corrected chi connectivity index (χ3v) is 3.24. The number of hydrogen-bond donors (Lipinski definition) is 1. The van der Waals surface area contributed by atoms with E-state index in [0.717, 1.165) is 15.6 Å². The van der Waals surface area contributed by atoms with Crippen molar-refractivity contribution < 1.29 is 5.11 Å². The van der Waals surface area contributed by atoms with Crippen LogP contribution in [0, 0.1) is 6.92 Å². The van der Waals surface area contributed by atoms with E-state index >= 15 is 0 Å². The first-order chi connectivity index (χ1) is 8.15. The maximum Gasteiger partial charge on any atom is 0.0830 e. The number of rotatable bonds is 3. The lowest BCUT2D eigenvalue weighted by atomic mass is 10.0. The van der Waals surface area contributed by atoms with Crippen LogP contribution < -0.4 is 0 Å². The van der Waals surface area contributed by atoms with Crippen LogP contribution >= 0.6 is 15.9 Å². The molecule has 0 saturated carbocycles. The molecule has 1 N–H and O–H groups in total. The number of halogens is 1. The predicted octanol–water partition coefficient (Wildman–Crippen LogP) is 4.03. The van der Waals surface area contributed by atoms with Gasteiger partial charge in [-0.1, -0.05) is 57.9 Å². The van der Waals surface area contributed by atoms with E-state index in [1.165, 1.54) is 5.56 Å². The van der Waals surface area contributed by atoms with Crippen molar-refractivity contribution in [2.24, 2.45) is 0 Å². The molecule has 2 heteroatoms. The number of aryl methyl sites for hydroxylation is 1. The van der Waals surface area contributed by atoms with Gasteiger partial charge >= 0.3 is 0 Å². The summed E-state index contributed by atoms with van der Waals surface area (Å²) in [5.74, 6) is 0. The Morgan fingerprint density at radius 1 is 1.12 bits per heavy atom. The summed E-state index contributed by atoms with van der Waals surface area (Å²) in [6.45, 7) is 2.04. The first-order valence-electron chi connectivity index (χ1n) is 5.64. The molecule has 0 aliphatic carbocycles. The van der Waals surface area contributed by atoms with Gasteiger partial charge in [-0.2, -0.15) is 0 Å². The second kappa shape index (κ2) is 5.48. The van der Waals surface area contributed by atoms with Crippen molar-refractivity contribution in [1.82, 2.24) is 0 Å². The Kier molecular flexibility index (Phi) is 3.97. The SMILES string of the molecule is Cc1cccc(C(O)Cc2cccc(Br)c2)c1. The molecular weight excluding hydrogens is 276 g/mol. The second-order valence-electron chi connectivity index (χ2n) is 4.26. The summed E-state index contributed by atoms with van der Waals surface area (Å²) in [6, 6.07) is 16.1. The van der Waals surface area contributed by atoms with Crippen molar-refractivity contribution in [3.05, 3.63) is 69.7 Å². The maximum atomic E-state index is 10.2. The molecule has 0 amide bonds. The summed E-state index contributed by atoms with van der Waals surface area (Å²) in [6.07, 6.45) is 0.201. The molecular formula is C15H15BrO. The van der Waals surface area contributed by atoms with Crippen LogP contribution in [0.25, 0.3) is 0 Å². The Morgan fingerprint density at radius 2 is 1.88 bits per heavy atom. The van der Waals surface area contributed by atoms with E-state index in [1.807, 2.05) is 55.5 Å². The van der Waals surface area contributed by atoms with Gasteiger partial charge in [0.05, 0.1) is 6.10 Å². The topological polar surface area (TPSA) is 20.2 Å². The van der Waals surface area contributed by atoms with E-state index in [0.29, 0.717) is 6.42 Å². The normalized spacial score (nSPS) is 12.4. The zero-order valence-electron chi connectivity index (χ0n) is 9.73. The Hall–Kier alpha value is -1.12. The van der Waals surface area contributed by atoms with Gasteiger partial charge in [0.2, 0.25) is 0 Å². The van der Waals surface area contributed by atoms with Gasteiger partial charge in [-0.05, 0) is 30.2 Å². The highest BCUT2D eigenvalue weighted by molar-refractivity contribution is 9.10. The second-order valence-corrected chi connectivity index (χ2v) is 5.18. The van der Waals surface area contributed by atoms with Gasteiger partial charge in [-0.25, -0.2) is 0 Å². The van der Waals surface area contributed by atoms with Gasteiger partial charge in [0.25, 0.3) is 0 Å². The zero-order chi connectivity index (χ0) is 12.3. The van der Waals surface area contributed by atoms with Crippen LogP contribution in [0.4, 0.5) is 0 Å². The number of hydrogen-bond acceptors (Lipinski definition) is 1. The third kappa shape index (κ3) is 3.42. The maximum absolute atomic E-state index is 10.2. The summed E-state index contributed by atoms with van der Waals surface area (Å²) >= 11 is 3.44. The highest BCUT2D eigenvalue weighted by Gasteiger charge is 2.08. The first kappa shape index (κ1) is 12.3. The van der Waals surface area contributed by atoms with E-state index in [9.17, 15) is 5.11 Å². The summed E-state index contributed by atoms with van der Waals surface area (Å²) in [4.78, 5) is 0. The lowest BCUT2D eigenvalue weighted by Crippen LogP contribution is -2.01. The minimum atomic E-state index is -0.441. The average Bonchev–Trinajstić information content (AvgIpc) is 2.29. The molecule has 0 aromatic heterocycles. The lowest BCUT2D eigenvalue weighted by Gasteiger charge is -2.12. The molecule has 2 aromatic rings. The van der Waals surface area contributed by atoms with Gasteiger partial charge in [-0.3, -0.25) is 0 Å². The standard InChI is InChI=1S/C15H15BrO/c1-11-4-2-6-13(8-11)15(17)10-12-5-3-7-14(16)9-12/h2-9,15,17H,10H2,1H3. The summed E-state index contributed by atoms with van der Waals surface area (Å²) < 4.78 is 1.05. The fraction of sp³-hybridized carbons (Fsp3) is 0.200. The van der Waals surface area contributed by atoms with Crippen LogP contribution in [-0.4, -0.2) is 5.11 Å². The fourth-order valence-corrected chi connectivity index (χ4v) is 2.33. The van der Waals surface area contributed by atoms with Crippen LogP contribution in [0.3, 0.4) is 0 Å². The molecule has 1 nitrogen and oxygen atoms in total. The van der Waals surface area contributed by atoms with E-state index in [4.69, 9.17) is 0 Å². The Labute approximate surface area is 110 Å². The van der Waals surface area contributed by atoms with Crippen LogP contribution in [0.5, 0.6) is 0 Å². The highest BCUT2D eigenvalue weighted by Crippen LogP contribution is 2.21. The van der Waals surface area contributed by atoms with Gasteiger partial charge < -0.3 is 5.11 Å². The molecule has 0 spiro atoms. The molecule has 0 radical (unpaired) electrons. The lowest BCUT2D eigenvalue weighted by molar-refractivity contribution is 0.178. The smallest absolute Gasteiger partial charge is 0.0830 e.